The van der Waals surface area contributed by atoms with Crippen molar-refractivity contribution in [3.63, 3.8) is 0 Å². The second kappa shape index (κ2) is 6.48. The quantitative estimate of drug-likeness (QED) is 0.849. The van der Waals surface area contributed by atoms with Gasteiger partial charge in [0.25, 0.3) is 10.0 Å². The number of aryl methyl sites for hydroxylation is 1. The smallest absolute Gasteiger partial charge is 0.271 e. The maximum absolute atomic E-state index is 12.5. The standard InChI is InChI=1S/C14H17BrN2O2S2/c1-10-8-13(20-14(10)15)21(18,19)16-12-7-5-4-6-11(12)9-17(2)3/h4-8,16H,9H2,1-3H3. The van der Waals surface area contributed by atoms with Gasteiger partial charge in [0, 0.05) is 6.54 Å². The van der Waals surface area contributed by atoms with Crippen molar-refractivity contribution in [3.8, 4) is 0 Å². The maximum Gasteiger partial charge on any atom is 0.271 e. The summed E-state index contributed by atoms with van der Waals surface area (Å²) >= 11 is 4.58. The Morgan fingerprint density at radius 2 is 1.95 bits per heavy atom. The molecule has 2 rings (SSSR count). The van der Waals surface area contributed by atoms with E-state index < -0.39 is 10.0 Å². The molecule has 1 aromatic heterocycles. The molecule has 0 radical (unpaired) electrons. The molecule has 0 saturated heterocycles. The Bertz CT molecular complexity index is 720. The highest BCUT2D eigenvalue weighted by molar-refractivity contribution is 9.11. The SMILES string of the molecule is Cc1cc(S(=O)(=O)Nc2ccccc2CN(C)C)sc1Br. The van der Waals surface area contributed by atoms with E-state index in [-0.39, 0.29) is 0 Å². The number of anilines is 1. The number of thiophene rings is 1. The molecular formula is C14H17BrN2O2S2. The number of para-hydroxylation sites is 1. The second-order valence-corrected chi connectivity index (χ2v) is 9.30. The number of sulfonamides is 1. The van der Waals surface area contributed by atoms with Crippen LogP contribution in [0.25, 0.3) is 0 Å². The number of halogens is 1. The van der Waals surface area contributed by atoms with Crippen LogP contribution in [0, 0.1) is 6.92 Å². The molecule has 0 aliphatic heterocycles. The molecule has 1 aromatic carbocycles. The second-order valence-electron chi connectivity index (χ2n) is 5.02. The van der Waals surface area contributed by atoms with E-state index in [0.717, 1.165) is 14.9 Å². The van der Waals surface area contributed by atoms with Gasteiger partial charge in [-0.2, -0.15) is 0 Å². The molecule has 114 valence electrons. The van der Waals surface area contributed by atoms with Crippen molar-refractivity contribution >= 4 is 43.0 Å². The van der Waals surface area contributed by atoms with Crippen LogP contribution in [0.15, 0.2) is 38.3 Å². The number of nitrogens with one attached hydrogen (secondary N) is 1. The summed E-state index contributed by atoms with van der Waals surface area (Å²) in [6.07, 6.45) is 0. The molecule has 0 amide bonds. The van der Waals surface area contributed by atoms with Gasteiger partial charge < -0.3 is 4.90 Å². The summed E-state index contributed by atoms with van der Waals surface area (Å²) in [6, 6.07) is 9.11. The molecule has 2 aromatic rings. The van der Waals surface area contributed by atoms with Crippen molar-refractivity contribution < 1.29 is 8.42 Å². The highest BCUT2D eigenvalue weighted by Crippen LogP contribution is 2.32. The topological polar surface area (TPSA) is 49.4 Å². The molecule has 0 spiro atoms. The van der Waals surface area contributed by atoms with Crippen molar-refractivity contribution in [2.75, 3.05) is 18.8 Å². The zero-order valence-electron chi connectivity index (χ0n) is 12.1. The lowest BCUT2D eigenvalue weighted by Crippen LogP contribution is -2.16. The van der Waals surface area contributed by atoms with Crippen molar-refractivity contribution in [2.45, 2.75) is 17.7 Å². The van der Waals surface area contributed by atoms with Gasteiger partial charge in [-0.25, -0.2) is 8.42 Å². The predicted octanol–water partition coefficient (Wildman–Crippen LogP) is 3.68. The number of nitrogens with zero attached hydrogens (tertiary/aromatic N) is 1. The van der Waals surface area contributed by atoms with Gasteiger partial charge >= 0.3 is 0 Å². The van der Waals surface area contributed by atoms with Crippen LogP contribution in [0.3, 0.4) is 0 Å². The minimum atomic E-state index is -3.55. The highest BCUT2D eigenvalue weighted by atomic mass is 79.9. The summed E-state index contributed by atoms with van der Waals surface area (Å²) in [4.78, 5) is 2.00. The Hall–Kier alpha value is -0.890. The van der Waals surface area contributed by atoms with Gasteiger partial charge in [0.1, 0.15) is 4.21 Å². The molecule has 0 unspecified atom stereocenters. The minimum absolute atomic E-state index is 0.312. The van der Waals surface area contributed by atoms with Gasteiger partial charge in [-0.3, -0.25) is 4.72 Å². The molecule has 4 nitrogen and oxygen atoms in total. The highest BCUT2D eigenvalue weighted by Gasteiger charge is 2.19. The van der Waals surface area contributed by atoms with Crippen LogP contribution in [-0.2, 0) is 16.6 Å². The van der Waals surface area contributed by atoms with E-state index in [1.165, 1.54) is 11.3 Å². The summed E-state index contributed by atoms with van der Waals surface area (Å²) in [5, 5.41) is 0. The van der Waals surface area contributed by atoms with E-state index in [1.807, 2.05) is 44.1 Å². The Labute approximate surface area is 138 Å². The van der Waals surface area contributed by atoms with Crippen molar-refractivity contribution in [2.24, 2.45) is 0 Å². The lowest BCUT2D eigenvalue weighted by Gasteiger charge is -2.15. The number of benzene rings is 1. The van der Waals surface area contributed by atoms with Crippen molar-refractivity contribution in [1.29, 1.82) is 0 Å². The Balaban J connectivity index is 2.33. The van der Waals surface area contributed by atoms with Gasteiger partial charge in [-0.05, 0) is 60.2 Å². The average molecular weight is 389 g/mol. The summed E-state index contributed by atoms with van der Waals surface area (Å²) < 4.78 is 28.8. The van der Waals surface area contributed by atoms with Gasteiger partial charge in [-0.1, -0.05) is 18.2 Å². The van der Waals surface area contributed by atoms with E-state index in [2.05, 4.69) is 20.7 Å². The van der Waals surface area contributed by atoms with Crippen LogP contribution >= 0.6 is 27.3 Å². The number of rotatable bonds is 5. The fraction of sp³-hybridized carbons (Fsp3) is 0.286. The van der Waals surface area contributed by atoms with E-state index in [4.69, 9.17) is 0 Å². The lowest BCUT2D eigenvalue weighted by molar-refractivity contribution is 0.403. The van der Waals surface area contributed by atoms with Gasteiger partial charge in [0.2, 0.25) is 0 Å². The van der Waals surface area contributed by atoms with Crippen LogP contribution in [0.2, 0.25) is 0 Å². The number of hydrogen-bond acceptors (Lipinski definition) is 4. The largest absolute Gasteiger partial charge is 0.305 e. The summed E-state index contributed by atoms with van der Waals surface area (Å²) in [7, 11) is 0.346. The van der Waals surface area contributed by atoms with Crippen LogP contribution in [0.1, 0.15) is 11.1 Å². The third-order valence-electron chi connectivity index (χ3n) is 2.85. The summed E-state index contributed by atoms with van der Waals surface area (Å²) in [5.74, 6) is 0. The molecule has 0 aliphatic carbocycles. The fourth-order valence-electron chi connectivity index (χ4n) is 1.86. The third-order valence-corrected chi connectivity index (χ3v) is 6.82. The average Bonchev–Trinajstić information content (AvgIpc) is 2.72. The molecule has 0 aliphatic rings. The minimum Gasteiger partial charge on any atom is -0.305 e. The lowest BCUT2D eigenvalue weighted by atomic mass is 10.2. The first-order chi connectivity index (χ1) is 9.79. The first-order valence-corrected chi connectivity index (χ1v) is 9.40. The first-order valence-electron chi connectivity index (χ1n) is 6.31. The Morgan fingerprint density at radius 3 is 2.52 bits per heavy atom. The van der Waals surface area contributed by atoms with Crippen LogP contribution in [0.5, 0.6) is 0 Å². The zero-order chi connectivity index (χ0) is 15.6. The van der Waals surface area contributed by atoms with Gasteiger partial charge in [-0.15, -0.1) is 11.3 Å². The normalized spacial score (nSPS) is 11.9. The van der Waals surface area contributed by atoms with Crippen LogP contribution in [0.4, 0.5) is 5.69 Å². The van der Waals surface area contributed by atoms with Crippen LogP contribution in [-0.4, -0.2) is 27.4 Å². The molecule has 0 bridgehead atoms. The zero-order valence-corrected chi connectivity index (χ0v) is 15.3. The number of hydrogen-bond donors (Lipinski definition) is 1. The monoisotopic (exact) mass is 388 g/mol. The Morgan fingerprint density at radius 1 is 1.29 bits per heavy atom. The maximum atomic E-state index is 12.5. The molecule has 21 heavy (non-hydrogen) atoms. The van der Waals surface area contributed by atoms with Crippen LogP contribution < -0.4 is 4.72 Å². The third kappa shape index (κ3) is 4.06. The Kier molecular flexibility index (Phi) is 5.08. The van der Waals surface area contributed by atoms with E-state index in [0.29, 0.717) is 16.4 Å². The molecule has 7 heteroatoms. The van der Waals surface area contributed by atoms with E-state index in [1.54, 1.807) is 12.1 Å². The first kappa shape index (κ1) is 16.5. The fourth-order valence-corrected chi connectivity index (χ4v) is 5.18. The van der Waals surface area contributed by atoms with E-state index >= 15 is 0 Å². The van der Waals surface area contributed by atoms with Crippen molar-refractivity contribution in [1.82, 2.24) is 4.90 Å². The summed E-state index contributed by atoms with van der Waals surface area (Å²) in [6.45, 7) is 2.55. The predicted molar refractivity (Wildman–Crippen MR) is 91.4 cm³/mol. The molecule has 0 atom stereocenters. The van der Waals surface area contributed by atoms with Crippen molar-refractivity contribution in [3.05, 3.63) is 45.2 Å². The van der Waals surface area contributed by atoms with Gasteiger partial charge in [0.15, 0.2) is 0 Å². The molecule has 1 heterocycles. The molecular weight excluding hydrogens is 372 g/mol. The molecule has 0 fully saturated rings. The molecule has 1 N–H and O–H groups in total. The summed E-state index contributed by atoms with van der Waals surface area (Å²) in [5.41, 5.74) is 2.48. The molecule has 0 saturated carbocycles. The van der Waals surface area contributed by atoms with E-state index in [9.17, 15) is 8.42 Å². The van der Waals surface area contributed by atoms with Gasteiger partial charge in [0.05, 0.1) is 9.47 Å².